The average Bonchev–Trinajstić information content (AvgIpc) is 2.62. The van der Waals surface area contributed by atoms with Crippen molar-refractivity contribution >= 4 is 5.91 Å². The highest BCUT2D eigenvalue weighted by Gasteiger charge is 2.27. The fraction of sp³-hybridized carbons (Fsp3) is 0.923. The lowest BCUT2D eigenvalue weighted by atomic mass is 10.0. The molecule has 2 fully saturated rings. The Morgan fingerprint density at radius 3 is 2.83 bits per heavy atom. The topological polar surface area (TPSA) is 61.8 Å². The Bertz CT molecular complexity index is 265. The van der Waals surface area contributed by atoms with Gasteiger partial charge in [0.15, 0.2) is 0 Å². The smallest absolute Gasteiger partial charge is 0.221 e. The molecule has 1 unspecified atom stereocenters. The molecule has 0 aromatic heterocycles. The molecule has 0 bridgehead atoms. The molecule has 18 heavy (non-hydrogen) atoms. The van der Waals surface area contributed by atoms with Gasteiger partial charge in [-0.2, -0.15) is 0 Å². The second-order valence-corrected chi connectivity index (χ2v) is 5.18. The molecule has 2 saturated heterocycles. The molecule has 2 rings (SSSR count). The Balaban J connectivity index is 1.76. The minimum atomic E-state index is 0.100. The predicted octanol–water partition coefficient (Wildman–Crippen LogP) is 0.128. The van der Waals surface area contributed by atoms with Crippen LogP contribution in [0.15, 0.2) is 0 Å². The highest BCUT2D eigenvalue weighted by atomic mass is 16.5. The molecule has 104 valence electrons. The summed E-state index contributed by atoms with van der Waals surface area (Å²) in [6.45, 7) is 3.38. The lowest BCUT2D eigenvalue weighted by Gasteiger charge is -2.36. The molecule has 5 nitrogen and oxygen atoms in total. The normalized spacial score (nSPS) is 27.8. The van der Waals surface area contributed by atoms with Crippen molar-refractivity contribution in [2.24, 2.45) is 0 Å². The van der Waals surface area contributed by atoms with Crippen LogP contribution in [0, 0.1) is 0 Å². The van der Waals surface area contributed by atoms with E-state index in [2.05, 4.69) is 10.2 Å². The first-order chi connectivity index (χ1) is 8.79. The number of carbonyl (C=O) groups excluding carboxylic acids is 1. The van der Waals surface area contributed by atoms with E-state index in [1.807, 2.05) is 0 Å². The number of likely N-dealkylation sites (tertiary alicyclic amines) is 1. The van der Waals surface area contributed by atoms with Crippen molar-refractivity contribution in [3.8, 4) is 0 Å². The van der Waals surface area contributed by atoms with Gasteiger partial charge in [-0.05, 0) is 25.7 Å². The number of aliphatic hydroxyl groups is 1. The van der Waals surface area contributed by atoms with Gasteiger partial charge in [0.05, 0.1) is 19.3 Å². The van der Waals surface area contributed by atoms with Crippen LogP contribution >= 0.6 is 0 Å². The Morgan fingerprint density at radius 1 is 1.33 bits per heavy atom. The van der Waals surface area contributed by atoms with Gasteiger partial charge in [0.1, 0.15) is 0 Å². The van der Waals surface area contributed by atoms with E-state index >= 15 is 0 Å². The molecule has 1 amide bonds. The summed E-state index contributed by atoms with van der Waals surface area (Å²) >= 11 is 0. The summed E-state index contributed by atoms with van der Waals surface area (Å²) < 4.78 is 5.56. The van der Waals surface area contributed by atoms with Crippen LogP contribution < -0.4 is 5.32 Å². The Kier molecular flexibility index (Phi) is 5.41. The summed E-state index contributed by atoms with van der Waals surface area (Å²) in [5, 5.41) is 11.7. The van der Waals surface area contributed by atoms with Crippen molar-refractivity contribution in [1.82, 2.24) is 10.2 Å². The van der Waals surface area contributed by atoms with E-state index < -0.39 is 0 Å². The van der Waals surface area contributed by atoms with Crippen LogP contribution in [-0.2, 0) is 9.53 Å². The first-order valence-corrected chi connectivity index (χ1v) is 7.03. The monoisotopic (exact) mass is 256 g/mol. The molecule has 5 heteroatoms. The van der Waals surface area contributed by atoms with Gasteiger partial charge in [0.25, 0.3) is 0 Å². The summed E-state index contributed by atoms with van der Waals surface area (Å²) in [6, 6.07) is 0.409. The molecule has 0 saturated carbocycles. The van der Waals surface area contributed by atoms with Crippen molar-refractivity contribution in [1.29, 1.82) is 0 Å². The zero-order valence-electron chi connectivity index (χ0n) is 10.9. The second-order valence-electron chi connectivity index (χ2n) is 5.18. The van der Waals surface area contributed by atoms with Crippen LogP contribution in [0.2, 0.25) is 0 Å². The van der Waals surface area contributed by atoms with Gasteiger partial charge in [0.2, 0.25) is 5.91 Å². The van der Waals surface area contributed by atoms with E-state index in [0.717, 1.165) is 45.3 Å². The standard InChI is InChI=1S/C13H24N2O3/c16-8-9-18-12-3-6-15(7-4-12)11-2-1-5-14-13(17)10-11/h11-12,16H,1-10H2,(H,14,17). The van der Waals surface area contributed by atoms with Crippen LogP contribution in [0.5, 0.6) is 0 Å². The quantitative estimate of drug-likeness (QED) is 0.750. The van der Waals surface area contributed by atoms with Crippen LogP contribution in [0.4, 0.5) is 0 Å². The Morgan fingerprint density at radius 2 is 2.11 bits per heavy atom. The third-order valence-electron chi connectivity index (χ3n) is 3.90. The van der Waals surface area contributed by atoms with E-state index in [-0.39, 0.29) is 18.6 Å². The number of piperidine rings is 1. The summed E-state index contributed by atoms with van der Waals surface area (Å²) in [4.78, 5) is 14.0. The van der Waals surface area contributed by atoms with Gasteiger partial charge in [-0.25, -0.2) is 0 Å². The van der Waals surface area contributed by atoms with Crippen molar-refractivity contribution in [3.63, 3.8) is 0 Å². The number of nitrogens with one attached hydrogen (secondary N) is 1. The highest BCUT2D eigenvalue weighted by Crippen LogP contribution is 2.21. The number of carbonyl (C=O) groups is 1. The van der Waals surface area contributed by atoms with Gasteiger partial charge >= 0.3 is 0 Å². The molecule has 0 radical (unpaired) electrons. The van der Waals surface area contributed by atoms with E-state index in [1.165, 1.54) is 0 Å². The summed E-state index contributed by atoms with van der Waals surface area (Å²) in [6.07, 6.45) is 5.14. The molecule has 2 heterocycles. The number of ether oxygens (including phenoxy) is 1. The van der Waals surface area contributed by atoms with Crippen LogP contribution in [0.3, 0.4) is 0 Å². The van der Waals surface area contributed by atoms with Crippen molar-refractivity contribution in [2.75, 3.05) is 32.8 Å². The minimum absolute atomic E-state index is 0.100. The molecule has 0 spiro atoms. The van der Waals surface area contributed by atoms with Crippen LogP contribution in [0.1, 0.15) is 32.1 Å². The fourth-order valence-electron chi connectivity index (χ4n) is 2.89. The molecule has 0 aromatic rings. The minimum Gasteiger partial charge on any atom is -0.394 e. The van der Waals surface area contributed by atoms with E-state index in [1.54, 1.807) is 0 Å². The molecule has 1 atom stereocenters. The first-order valence-electron chi connectivity index (χ1n) is 7.03. The lowest BCUT2D eigenvalue weighted by Crippen LogP contribution is -2.44. The average molecular weight is 256 g/mol. The van der Waals surface area contributed by atoms with Gasteiger partial charge in [-0.3, -0.25) is 9.69 Å². The van der Waals surface area contributed by atoms with E-state index in [0.29, 0.717) is 19.1 Å². The zero-order chi connectivity index (χ0) is 12.8. The van der Waals surface area contributed by atoms with Crippen molar-refractivity contribution < 1.29 is 14.6 Å². The molecule has 0 aromatic carbocycles. The number of nitrogens with zero attached hydrogens (tertiary/aromatic N) is 1. The first kappa shape index (κ1) is 13.8. The van der Waals surface area contributed by atoms with Gasteiger partial charge in [-0.15, -0.1) is 0 Å². The van der Waals surface area contributed by atoms with E-state index in [4.69, 9.17) is 9.84 Å². The number of rotatable bonds is 4. The number of hydrogen-bond donors (Lipinski definition) is 2. The fourth-order valence-corrected chi connectivity index (χ4v) is 2.89. The molecule has 2 aliphatic heterocycles. The summed E-state index contributed by atoms with van der Waals surface area (Å²) in [5.74, 6) is 0.191. The van der Waals surface area contributed by atoms with Crippen molar-refractivity contribution in [3.05, 3.63) is 0 Å². The second kappa shape index (κ2) is 7.07. The molecule has 2 N–H and O–H groups in total. The predicted molar refractivity (Wildman–Crippen MR) is 68.3 cm³/mol. The van der Waals surface area contributed by atoms with Gasteiger partial charge in [0, 0.05) is 32.1 Å². The third-order valence-corrected chi connectivity index (χ3v) is 3.90. The largest absolute Gasteiger partial charge is 0.394 e. The number of aliphatic hydroxyl groups excluding tert-OH is 1. The summed E-state index contributed by atoms with van der Waals surface area (Å²) in [5.41, 5.74) is 0. The highest BCUT2D eigenvalue weighted by molar-refractivity contribution is 5.76. The zero-order valence-corrected chi connectivity index (χ0v) is 10.9. The van der Waals surface area contributed by atoms with Crippen LogP contribution in [0.25, 0.3) is 0 Å². The SMILES string of the molecule is O=C1CC(N2CCC(OCCO)CC2)CCCN1. The van der Waals surface area contributed by atoms with Gasteiger partial charge in [-0.1, -0.05) is 0 Å². The molecular formula is C13H24N2O3. The molecule has 0 aliphatic carbocycles. The molecular weight excluding hydrogens is 232 g/mol. The maximum absolute atomic E-state index is 11.6. The third kappa shape index (κ3) is 3.93. The number of hydrogen-bond acceptors (Lipinski definition) is 4. The number of amides is 1. The van der Waals surface area contributed by atoms with Crippen LogP contribution in [-0.4, -0.2) is 60.9 Å². The maximum Gasteiger partial charge on any atom is 0.221 e. The lowest BCUT2D eigenvalue weighted by molar-refractivity contribution is -0.122. The Hall–Kier alpha value is -0.650. The maximum atomic E-state index is 11.6. The molecule has 2 aliphatic rings. The van der Waals surface area contributed by atoms with Gasteiger partial charge < -0.3 is 15.2 Å². The summed E-state index contributed by atoms with van der Waals surface area (Å²) in [7, 11) is 0. The van der Waals surface area contributed by atoms with Crippen molar-refractivity contribution in [2.45, 2.75) is 44.2 Å². The Labute approximate surface area is 108 Å². The van der Waals surface area contributed by atoms with E-state index in [9.17, 15) is 4.79 Å².